The third-order valence-electron chi connectivity index (χ3n) is 10.7. The van der Waals surface area contributed by atoms with Gasteiger partial charge in [-0.3, -0.25) is 9.59 Å². The molecule has 3 saturated heterocycles. The predicted molar refractivity (Wildman–Crippen MR) is 187 cm³/mol. The molecule has 4 rings (SSSR count). The summed E-state index contributed by atoms with van der Waals surface area (Å²) in [5.41, 5.74) is -0.929. The van der Waals surface area contributed by atoms with Crippen molar-refractivity contribution in [1.82, 2.24) is 0 Å². The van der Waals surface area contributed by atoms with Crippen molar-refractivity contribution in [2.45, 2.75) is 185 Å². The molecule has 0 aromatic rings. The third kappa shape index (κ3) is 12.1. The molecule has 4 aliphatic rings. The number of cyclic esters (lactones) is 1. The summed E-state index contributed by atoms with van der Waals surface area (Å²) >= 11 is 0. The Morgan fingerprint density at radius 1 is 0.941 bits per heavy atom. The smallest absolute Gasteiger partial charge is 0.330 e. The number of rotatable bonds is 9. The highest BCUT2D eigenvalue weighted by Gasteiger charge is 2.57. The van der Waals surface area contributed by atoms with Crippen LogP contribution in [-0.4, -0.2) is 102 Å². The summed E-state index contributed by atoms with van der Waals surface area (Å²) in [6, 6.07) is 0. The van der Waals surface area contributed by atoms with Gasteiger partial charge in [-0.2, -0.15) is 0 Å². The standard InChI is InChI=1S/C39H62O12/c1-5-6-7-8-9-16-34(42)50-37-26(20-35(43)46-4)19-32-24-33(25-40)49-36(44)22-27(41)21-29-13-11-15-31(48-29)23-30-14-10-12-28(47-30)17-18-38(2,3)39(37,45)51-32/h17-18,20,27-33,37,40-41,45H,5-16,19,21-25H2,1-4H3/b18-17-,26-20+/t27-,28-,29+,30?,31?,32+,33-,37+,39-/m1/s1. The van der Waals surface area contributed by atoms with Crippen LogP contribution < -0.4 is 0 Å². The lowest BCUT2D eigenvalue weighted by molar-refractivity contribution is -0.327. The normalized spacial score (nSPS) is 36.4. The van der Waals surface area contributed by atoms with Crippen molar-refractivity contribution in [3.8, 4) is 0 Å². The minimum Gasteiger partial charge on any atom is -0.466 e. The number of unbranched alkanes of at least 4 members (excludes halogenated alkanes) is 4. The van der Waals surface area contributed by atoms with Crippen molar-refractivity contribution in [2.24, 2.45) is 5.41 Å². The van der Waals surface area contributed by atoms with E-state index < -0.39 is 60.1 Å². The summed E-state index contributed by atoms with van der Waals surface area (Å²) in [6.45, 7) is 5.11. The second kappa shape index (κ2) is 19.6. The van der Waals surface area contributed by atoms with E-state index in [0.29, 0.717) is 19.3 Å². The average molecular weight is 723 g/mol. The fourth-order valence-electron chi connectivity index (χ4n) is 7.76. The monoisotopic (exact) mass is 722 g/mol. The molecule has 4 aliphatic heterocycles. The van der Waals surface area contributed by atoms with E-state index in [2.05, 4.69) is 6.92 Å². The zero-order chi connectivity index (χ0) is 37.0. The van der Waals surface area contributed by atoms with Crippen molar-refractivity contribution in [1.29, 1.82) is 0 Å². The van der Waals surface area contributed by atoms with E-state index in [1.165, 1.54) is 13.2 Å². The van der Waals surface area contributed by atoms with Gasteiger partial charge in [-0.1, -0.05) is 58.6 Å². The van der Waals surface area contributed by atoms with Gasteiger partial charge in [0.05, 0.1) is 56.8 Å². The zero-order valence-electron chi connectivity index (χ0n) is 31.1. The molecule has 12 nitrogen and oxygen atoms in total. The largest absolute Gasteiger partial charge is 0.466 e. The summed E-state index contributed by atoms with van der Waals surface area (Å²) < 4.78 is 35.9. The topological polar surface area (TPSA) is 167 Å². The second-order valence-corrected chi connectivity index (χ2v) is 15.4. The lowest BCUT2D eigenvalue weighted by atomic mass is 9.74. The van der Waals surface area contributed by atoms with Gasteiger partial charge in [-0.25, -0.2) is 4.79 Å². The van der Waals surface area contributed by atoms with Gasteiger partial charge in [0.15, 0.2) is 6.10 Å². The highest BCUT2D eigenvalue weighted by molar-refractivity contribution is 5.83. The maximum absolute atomic E-state index is 13.3. The van der Waals surface area contributed by atoms with E-state index in [9.17, 15) is 29.7 Å². The lowest BCUT2D eigenvalue weighted by Crippen LogP contribution is -2.62. The molecule has 3 N–H and O–H groups in total. The van der Waals surface area contributed by atoms with E-state index in [-0.39, 0.29) is 55.7 Å². The molecule has 0 saturated carbocycles. The second-order valence-electron chi connectivity index (χ2n) is 15.4. The highest BCUT2D eigenvalue weighted by Crippen LogP contribution is 2.47. The van der Waals surface area contributed by atoms with Gasteiger partial charge in [0, 0.05) is 30.8 Å². The molecule has 3 fully saturated rings. The summed E-state index contributed by atoms with van der Waals surface area (Å²) in [4.78, 5) is 38.9. The van der Waals surface area contributed by atoms with Crippen molar-refractivity contribution >= 4 is 17.9 Å². The van der Waals surface area contributed by atoms with Crippen molar-refractivity contribution in [2.75, 3.05) is 13.7 Å². The molecule has 0 spiro atoms. The Balaban J connectivity index is 1.68. The summed E-state index contributed by atoms with van der Waals surface area (Å²) in [5, 5.41) is 33.7. The first kappa shape index (κ1) is 41.4. The molecule has 51 heavy (non-hydrogen) atoms. The third-order valence-corrected chi connectivity index (χ3v) is 10.7. The van der Waals surface area contributed by atoms with Gasteiger partial charge in [0.1, 0.15) is 6.10 Å². The Bertz CT molecular complexity index is 1200. The Hall–Kier alpha value is -2.35. The molecule has 9 atom stereocenters. The molecule has 290 valence electrons. The summed E-state index contributed by atoms with van der Waals surface area (Å²) in [7, 11) is 1.23. The van der Waals surface area contributed by atoms with Crippen LogP contribution in [0.4, 0.5) is 0 Å². The molecule has 12 heteroatoms. The lowest BCUT2D eigenvalue weighted by Gasteiger charge is -2.51. The van der Waals surface area contributed by atoms with Crippen LogP contribution in [-0.2, 0) is 42.8 Å². The number of fused-ring (bicyclic) bond motifs is 6. The summed E-state index contributed by atoms with van der Waals surface area (Å²) in [6.07, 6.45) is 11.0. The maximum Gasteiger partial charge on any atom is 0.330 e. The number of hydrogen-bond acceptors (Lipinski definition) is 12. The van der Waals surface area contributed by atoms with Gasteiger partial charge in [-0.05, 0) is 63.4 Å². The molecule has 0 aromatic heterocycles. The van der Waals surface area contributed by atoms with E-state index in [4.69, 9.17) is 28.4 Å². The first-order valence-corrected chi connectivity index (χ1v) is 19.2. The Morgan fingerprint density at radius 2 is 1.63 bits per heavy atom. The molecule has 0 radical (unpaired) electrons. The van der Waals surface area contributed by atoms with E-state index in [1.54, 1.807) is 13.8 Å². The molecule has 0 aromatic carbocycles. The number of methoxy groups -OCH3 is 1. The van der Waals surface area contributed by atoms with Crippen LogP contribution in [0.5, 0.6) is 0 Å². The van der Waals surface area contributed by atoms with Gasteiger partial charge in [-0.15, -0.1) is 0 Å². The number of aliphatic hydroxyl groups is 3. The fraction of sp³-hybridized carbons (Fsp3) is 0.821. The molecule has 2 unspecified atom stereocenters. The molecule has 0 aliphatic carbocycles. The van der Waals surface area contributed by atoms with Crippen LogP contribution in [0.2, 0.25) is 0 Å². The van der Waals surface area contributed by atoms with Gasteiger partial charge < -0.3 is 43.7 Å². The molecular weight excluding hydrogens is 660 g/mol. The van der Waals surface area contributed by atoms with Crippen LogP contribution in [0.25, 0.3) is 0 Å². The Labute approximate surface area is 303 Å². The number of hydrogen-bond donors (Lipinski definition) is 3. The maximum atomic E-state index is 13.3. The van der Waals surface area contributed by atoms with Gasteiger partial charge >= 0.3 is 17.9 Å². The van der Waals surface area contributed by atoms with E-state index in [1.807, 2.05) is 12.2 Å². The molecular formula is C39H62O12. The highest BCUT2D eigenvalue weighted by atomic mass is 16.7. The minimum atomic E-state index is -2.19. The van der Waals surface area contributed by atoms with Gasteiger partial charge in [0.2, 0.25) is 5.79 Å². The quantitative estimate of drug-likeness (QED) is 0.0945. The van der Waals surface area contributed by atoms with Crippen LogP contribution in [0.1, 0.15) is 130 Å². The van der Waals surface area contributed by atoms with Crippen molar-refractivity contribution < 1.29 is 58.1 Å². The fourth-order valence-corrected chi connectivity index (χ4v) is 7.76. The minimum absolute atomic E-state index is 0.0215. The van der Waals surface area contributed by atoms with Crippen LogP contribution in [0, 0.1) is 5.41 Å². The molecule has 4 heterocycles. The Morgan fingerprint density at radius 3 is 2.33 bits per heavy atom. The first-order valence-electron chi connectivity index (χ1n) is 19.2. The number of aliphatic hydroxyl groups excluding tert-OH is 2. The van der Waals surface area contributed by atoms with Crippen LogP contribution >= 0.6 is 0 Å². The first-order chi connectivity index (χ1) is 24.3. The van der Waals surface area contributed by atoms with Crippen molar-refractivity contribution in [3.63, 3.8) is 0 Å². The van der Waals surface area contributed by atoms with Gasteiger partial charge in [0.25, 0.3) is 0 Å². The number of esters is 3. The van der Waals surface area contributed by atoms with E-state index >= 15 is 0 Å². The number of carbonyl (C=O) groups is 3. The zero-order valence-corrected chi connectivity index (χ0v) is 31.1. The molecule has 0 amide bonds. The van der Waals surface area contributed by atoms with E-state index in [0.717, 1.165) is 64.2 Å². The predicted octanol–water partition coefficient (Wildman–Crippen LogP) is 5.13. The average Bonchev–Trinajstić information content (AvgIpc) is 3.08. The number of ether oxygens (including phenoxy) is 6. The molecule has 6 bridgehead atoms. The SMILES string of the molecule is CCCCCCCC(=O)O[C@H]1/C(=C/C(=O)OC)C[C@H]2C[C@H](CO)OC(=O)C[C@H](O)C[C@@H]3CCCC(CC4CCC[C@H](/C=C\C(C)(C)[C@]1(O)O2)O4)O3. The Kier molecular flexibility index (Phi) is 16.0. The van der Waals surface area contributed by atoms with Crippen molar-refractivity contribution in [3.05, 3.63) is 23.8 Å². The van der Waals surface area contributed by atoms with Crippen LogP contribution in [0.15, 0.2) is 23.8 Å². The summed E-state index contributed by atoms with van der Waals surface area (Å²) in [5.74, 6) is -4.10. The number of carbonyl (C=O) groups excluding carboxylic acids is 3. The van der Waals surface area contributed by atoms with Crippen LogP contribution in [0.3, 0.4) is 0 Å².